The third kappa shape index (κ3) is 3.38. The molecule has 0 unspecified atom stereocenters. The Bertz CT molecular complexity index is 396. The lowest BCUT2D eigenvalue weighted by Gasteiger charge is -2.03. The van der Waals surface area contributed by atoms with E-state index < -0.39 is 0 Å². The molecule has 0 aromatic heterocycles. The van der Waals surface area contributed by atoms with Gasteiger partial charge in [0.2, 0.25) is 0 Å². The van der Waals surface area contributed by atoms with Crippen LogP contribution in [0.4, 0.5) is 0 Å². The lowest BCUT2D eigenvalue weighted by Crippen LogP contribution is -2.12. The van der Waals surface area contributed by atoms with Gasteiger partial charge in [-0.3, -0.25) is 9.37 Å². The van der Waals surface area contributed by atoms with Gasteiger partial charge in [0, 0.05) is 12.0 Å². The highest BCUT2D eigenvalue weighted by atomic mass is 17.1. The molecule has 0 bridgehead atoms. The van der Waals surface area contributed by atoms with Crippen molar-refractivity contribution in [2.45, 2.75) is 20.3 Å². The maximum Gasteiger partial charge on any atom is 0.493 e. The Morgan fingerprint density at radius 3 is 2.94 bits per heavy atom. The summed E-state index contributed by atoms with van der Waals surface area (Å²) in [5.74, 6) is -0.0141. The molecule has 16 heavy (non-hydrogen) atoms. The number of aryl methyl sites for hydroxylation is 1. The lowest BCUT2D eigenvalue weighted by atomic mass is 10.0. The maximum atomic E-state index is 10.8. The number of aldehydes is 1. The van der Waals surface area contributed by atoms with Crippen LogP contribution >= 0.6 is 0 Å². The first-order chi connectivity index (χ1) is 7.67. The van der Waals surface area contributed by atoms with Crippen molar-refractivity contribution in [1.29, 1.82) is 0 Å². The predicted octanol–water partition coefficient (Wildman–Crippen LogP) is 0.724. The van der Waals surface area contributed by atoms with E-state index in [9.17, 15) is 10.1 Å². The van der Waals surface area contributed by atoms with E-state index in [0.29, 0.717) is 18.6 Å². The van der Waals surface area contributed by atoms with Crippen LogP contribution in [0.5, 0.6) is 0 Å². The molecule has 0 spiro atoms. The van der Waals surface area contributed by atoms with Crippen LogP contribution in [0.3, 0.4) is 0 Å². The number of esters is 1. The van der Waals surface area contributed by atoms with Crippen molar-refractivity contribution in [1.82, 2.24) is 0 Å². The quantitative estimate of drug-likeness (QED) is 0.248. The molecule has 0 amide bonds. The topological polar surface area (TPSA) is 60.7 Å². The van der Waals surface area contributed by atoms with Gasteiger partial charge in [0.05, 0.1) is 6.92 Å². The Hall–Kier alpha value is -1.84. The zero-order valence-corrected chi connectivity index (χ0v) is 9.36. The number of ether oxygens (including phenoxy) is 1. The van der Waals surface area contributed by atoms with Crippen LogP contribution in [0.25, 0.3) is 0 Å². The van der Waals surface area contributed by atoms with Crippen LogP contribution in [-0.2, 0) is 15.7 Å². The normalized spacial score (nSPS) is 11.2. The lowest BCUT2D eigenvalue weighted by molar-refractivity contribution is -1.05. The van der Waals surface area contributed by atoms with E-state index >= 15 is 0 Å². The van der Waals surface area contributed by atoms with E-state index in [4.69, 9.17) is 4.74 Å². The fourth-order valence-corrected chi connectivity index (χ4v) is 1.38. The largest absolute Gasteiger partial charge is 0.588 e. The summed E-state index contributed by atoms with van der Waals surface area (Å²) in [7, 11) is 0. The molecule has 0 atom stereocenters. The second-order valence-corrected chi connectivity index (χ2v) is 3.49. The van der Waals surface area contributed by atoms with Crippen LogP contribution in [0.15, 0.2) is 18.2 Å². The SMILES string of the molecule is CC(OCCc1ccc(C)cc1C=O)=[O+][O-]. The zero-order valence-electron chi connectivity index (χ0n) is 9.36. The van der Waals surface area contributed by atoms with E-state index in [2.05, 4.69) is 4.58 Å². The monoisotopic (exact) mass is 222 g/mol. The molecule has 0 saturated heterocycles. The Kier molecular flexibility index (Phi) is 4.51. The Morgan fingerprint density at radius 2 is 2.31 bits per heavy atom. The van der Waals surface area contributed by atoms with Crippen LogP contribution in [-0.4, -0.2) is 18.9 Å². The van der Waals surface area contributed by atoms with E-state index in [1.165, 1.54) is 6.92 Å². The van der Waals surface area contributed by atoms with Gasteiger partial charge in [0.1, 0.15) is 6.29 Å². The number of hydrogen-bond acceptors (Lipinski definition) is 3. The number of benzene rings is 1. The standard InChI is InChI=1S/C12H14O4/c1-9-3-4-11(12(7-9)8-13)5-6-15-10(2)16-14/h3-4,7-8H,5-6H2,1-2H3. The van der Waals surface area contributed by atoms with Gasteiger partial charge in [-0.2, -0.15) is 0 Å². The fourth-order valence-electron chi connectivity index (χ4n) is 1.38. The Labute approximate surface area is 94.1 Å². The molecule has 0 heterocycles. The third-order valence-electron chi connectivity index (χ3n) is 2.22. The molecular formula is C12H14O4. The van der Waals surface area contributed by atoms with E-state index in [1.807, 2.05) is 25.1 Å². The third-order valence-corrected chi connectivity index (χ3v) is 2.22. The second kappa shape index (κ2) is 5.90. The molecule has 86 valence electrons. The van der Waals surface area contributed by atoms with Crippen LogP contribution in [0, 0.1) is 6.92 Å². The second-order valence-electron chi connectivity index (χ2n) is 3.49. The van der Waals surface area contributed by atoms with E-state index in [1.54, 1.807) is 0 Å². The minimum absolute atomic E-state index is 0.0141. The molecule has 4 nitrogen and oxygen atoms in total. The average molecular weight is 222 g/mol. The Balaban J connectivity index is 2.63. The molecule has 0 radical (unpaired) electrons. The molecule has 0 aliphatic heterocycles. The smallest absolute Gasteiger partial charge is 0.493 e. The first kappa shape index (κ1) is 12.2. The van der Waals surface area contributed by atoms with Gasteiger partial charge in [-0.15, -0.1) is 0 Å². The molecule has 0 aliphatic rings. The summed E-state index contributed by atoms with van der Waals surface area (Å²) in [5.41, 5.74) is 2.60. The molecule has 0 fully saturated rings. The average Bonchev–Trinajstić information content (AvgIpc) is 2.30. The summed E-state index contributed by atoms with van der Waals surface area (Å²) in [5, 5.41) is 9.92. The summed E-state index contributed by atoms with van der Waals surface area (Å²) in [4.78, 5) is 10.8. The molecular weight excluding hydrogens is 208 g/mol. The minimum Gasteiger partial charge on any atom is -0.588 e. The fraction of sp³-hybridized carbons (Fsp3) is 0.333. The summed E-state index contributed by atoms with van der Waals surface area (Å²) in [6.45, 7) is 3.69. The summed E-state index contributed by atoms with van der Waals surface area (Å²) in [6.07, 6.45) is 1.39. The molecule has 1 aromatic carbocycles. The number of hydrogen-bond donors (Lipinski definition) is 0. The maximum absolute atomic E-state index is 10.8. The van der Waals surface area contributed by atoms with Crippen molar-refractivity contribution >= 4 is 12.3 Å². The number of rotatable bonds is 4. The van der Waals surface area contributed by atoms with E-state index in [-0.39, 0.29) is 5.97 Å². The van der Waals surface area contributed by atoms with Gasteiger partial charge < -0.3 is 9.99 Å². The molecule has 1 aromatic rings. The van der Waals surface area contributed by atoms with Gasteiger partial charge in [-0.1, -0.05) is 17.7 Å². The molecule has 0 saturated carbocycles. The van der Waals surface area contributed by atoms with E-state index in [0.717, 1.165) is 17.4 Å². The number of carbonyl (C=O) groups is 1. The van der Waals surface area contributed by atoms with Crippen LogP contribution < -0.4 is 5.26 Å². The highest BCUT2D eigenvalue weighted by Gasteiger charge is 2.07. The number of carbonyl (C=O) groups excluding carboxylic acids is 2. The van der Waals surface area contributed by atoms with Gasteiger partial charge in [0.25, 0.3) is 0 Å². The highest BCUT2D eigenvalue weighted by Crippen LogP contribution is 2.10. The first-order valence-corrected chi connectivity index (χ1v) is 4.98. The molecule has 0 N–H and O–H groups in total. The van der Waals surface area contributed by atoms with Gasteiger partial charge in [-0.25, -0.2) is 0 Å². The summed E-state index contributed by atoms with van der Waals surface area (Å²) < 4.78 is 8.63. The van der Waals surface area contributed by atoms with Crippen molar-refractivity contribution in [3.8, 4) is 0 Å². The van der Waals surface area contributed by atoms with Crippen LogP contribution in [0.1, 0.15) is 28.4 Å². The molecule has 4 heteroatoms. The summed E-state index contributed by atoms with van der Waals surface area (Å²) in [6, 6.07) is 5.64. The predicted molar refractivity (Wildman–Crippen MR) is 56.9 cm³/mol. The molecule has 0 aliphatic carbocycles. The van der Waals surface area contributed by atoms with Crippen molar-refractivity contribution in [3.05, 3.63) is 34.9 Å². The van der Waals surface area contributed by atoms with Crippen molar-refractivity contribution in [2.75, 3.05) is 6.61 Å². The van der Waals surface area contributed by atoms with Crippen molar-refractivity contribution in [3.63, 3.8) is 0 Å². The highest BCUT2D eigenvalue weighted by molar-refractivity contribution is 5.77. The van der Waals surface area contributed by atoms with Crippen molar-refractivity contribution in [2.24, 2.45) is 0 Å². The minimum atomic E-state index is -0.0141. The van der Waals surface area contributed by atoms with Crippen LogP contribution in [0.2, 0.25) is 0 Å². The first-order valence-electron chi connectivity index (χ1n) is 4.98. The van der Waals surface area contributed by atoms with Gasteiger partial charge >= 0.3 is 5.97 Å². The molecule has 1 rings (SSSR count). The van der Waals surface area contributed by atoms with Gasteiger partial charge in [0.15, 0.2) is 6.61 Å². The summed E-state index contributed by atoms with van der Waals surface area (Å²) >= 11 is 0. The Morgan fingerprint density at radius 1 is 1.56 bits per heavy atom. The zero-order chi connectivity index (χ0) is 12.0. The van der Waals surface area contributed by atoms with Gasteiger partial charge in [-0.05, 0) is 18.6 Å². The van der Waals surface area contributed by atoms with Crippen molar-refractivity contribution < 1.29 is 19.4 Å².